The molecule has 40 heteroatoms. The van der Waals surface area contributed by atoms with Gasteiger partial charge in [0, 0.05) is 87.0 Å². The molecular weight excluding hydrogens is 1890 g/mol. The topological polar surface area (TPSA) is 380 Å². The van der Waals surface area contributed by atoms with Crippen LogP contribution >= 0.6 is 105 Å². The highest BCUT2D eigenvalue weighted by molar-refractivity contribution is 8.00. The number of nitrogens with zero attached hydrogens (tertiary/aromatic N) is 8. The first-order valence-electron chi connectivity index (χ1n) is 42.9. The van der Waals surface area contributed by atoms with Crippen molar-refractivity contribution in [2.45, 2.75) is 6.92 Å². The number of rotatable bonds is 68. The number of thiophene rings is 3. The fourth-order valence-corrected chi connectivity index (χ4v) is 19.4. The summed E-state index contributed by atoms with van der Waals surface area (Å²) in [6, 6.07) is 43.5. The number of carboxylic acids is 3. The van der Waals surface area contributed by atoms with E-state index in [-0.39, 0.29) is 42.9 Å². The molecule has 0 aliphatic rings. The van der Waals surface area contributed by atoms with Gasteiger partial charge in [-0.1, -0.05) is 12.1 Å². The Labute approximate surface area is 805 Å². The Morgan fingerprint density at radius 1 is 0.271 bits per heavy atom. The highest BCUT2D eigenvalue weighted by atomic mass is 32.2. The largest absolute Gasteiger partial charge is 0.491 e. The van der Waals surface area contributed by atoms with Crippen LogP contribution in [0.15, 0.2) is 144 Å². The third kappa shape index (κ3) is 31.8. The van der Waals surface area contributed by atoms with E-state index in [1.165, 1.54) is 35.3 Å². The Bertz CT molecular complexity index is 5380. The third-order valence-electron chi connectivity index (χ3n) is 19.2. The summed E-state index contributed by atoms with van der Waals surface area (Å²) in [5.41, 5.74) is 13.6. The van der Waals surface area contributed by atoms with Crippen LogP contribution in [0, 0.1) is 0 Å². The smallest absolute Gasteiger partial charge is 0.313 e. The van der Waals surface area contributed by atoms with Crippen LogP contribution in [0.5, 0.6) is 23.0 Å². The van der Waals surface area contributed by atoms with Gasteiger partial charge in [0.15, 0.2) is 0 Å². The summed E-state index contributed by atoms with van der Waals surface area (Å²) in [4.78, 5) is 70.3. The van der Waals surface area contributed by atoms with Crippen LogP contribution in [-0.2, 0) is 76.0 Å². The minimum Gasteiger partial charge on any atom is -0.491 e. The number of aliphatic carboxylic acids is 3. The molecule has 0 radical (unpaired) electrons. The van der Waals surface area contributed by atoms with E-state index in [1.54, 1.807) is 52.7 Å². The first-order chi connectivity index (χ1) is 65.4. The molecule has 13 aromatic rings. The summed E-state index contributed by atoms with van der Waals surface area (Å²) in [6.07, 6.45) is 0. The number of aromatic nitrogens is 8. The van der Waals surface area contributed by atoms with E-state index in [4.69, 9.17) is 129 Å². The molecule has 0 saturated carbocycles. The molecule has 0 aliphatic carbocycles. The van der Waals surface area contributed by atoms with E-state index in [1.807, 2.05) is 120 Å². The third-order valence-corrected chi connectivity index (χ3v) is 27.0. The second-order valence-electron chi connectivity index (χ2n) is 28.7. The lowest BCUT2D eigenvalue weighted by molar-refractivity contribution is -0.134. The fourth-order valence-electron chi connectivity index (χ4n) is 13.3. The molecule has 0 fully saturated rings. The molecule has 6 aromatic carbocycles. The zero-order chi connectivity index (χ0) is 92.2. The zero-order valence-electron chi connectivity index (χ0n) is 73.1. The van der Waals surface area contributed by atoms with Crippen molar-refractivity contribution in [3.63, 3.8) is 0 Å². The monoisotopic (exact) mass is 1990 g/mol. The molecule has 133 heavy (non-hydrogen) atoms. The van der Waals surface area contributed by atoms with Crippen LogP contribution in [-0.4, -0.2) is 307 Å². The number of Topliss-reactive ketones (excluding diaryl/α,β-unsaturated/α-hetero) is 1. The van der Waals surface area contributed by atoms with Crippen molar-refractivity contribution in [2.24, 2.45) is 0 Å². The summed E-state index contributed by atoms with van der Waals surface area (Å²) in [7, 11) is 0. The lowest BCUT2D eigenvalue weighted by Crippen LogP contribution is -2.13. The number of carbonyl (C=O) groups is 4. The van der Waals surface area contributed by atoms with Crippen LogP contribution in [0.4, 0.5) is 0 Å². The van der Waals surface area contributed by atoms with Crippen molar-refractivity contribution in [1.82, 2.24) is 37.4 Å². The predicted octanol–water partition coefficient (Wildman–Crippen LogP) is 16.6. The van der Waals surface area contributed by atoms with E-state index in [9.17, 15) is 19.2 Å². The molecule has 0 atom stereocenters. The van der Waals surface area contributed by atoms with Gasteiger partial charge in [-0.05, 0) is 139 Å². The summed E-state index contributed by atoms with van der Waals surface area (Å²) in [5, 5.41) is 30.7. The molecule has 0 unspecified atom stereocenters. The normalized spacial score (nSPS) is 11.6. The number of carbonyl (C=O) groups excluding carboxylic acids is 1. The van der Waals surface area contributed by atoms with Gasteiger partial charge in [-0.3, -0.25) is 19.2 Å². The predicted molar refractivity (Wildman–Crippen MR) is 526 cm³/mol. The molecule has 7 aromatic heterocycles. The number of ketones is 1. The minimum atomic E-state index is -0.849. The molecule has 706 valence electrons. The minimum absolute atomic E-state index is 0.0411. The van der Waals surface area contributed by atoms with Gasteiger partial charge in [0.25, 0.3) is 0 Å². The molecule has 0 bridgehead atoms. The molecule has 0 amide bonds. The quantitative estimate of drug-likeness (QED) is 0.0298. The number of ether oxygens (including phenoxy) is 16. The van der Waals surface area contributed by atoms with Crippen molar-refractivity contribution < 1.29 is 110 Å². The van der Waals surface area contributed by atoms with Crippen LogP contribution in [0.2, 0.25) is 0 Å². The van der Waals surface area contributed by atoms with E-state index in [0.29, 0.717) is 278 Å². The zero-order valence-corrected chi connectivity index (χ0v) is 80.4. The maximum Gasteiger partial charge on any atom is 0.313 e. The van der Waals surface area contributed by atoms with Gasteiger partial charge in [-0.2, -0.15) is 29.3 Å². The maximum absolute atomic E-state index is 11.2. The molecular formula is C93H102N8O23S9. The molecule has 0 aliphatic heterocycles. The average molecular weight is 1990 g/mol. The average Bonchev–Trinajstić information content (AvgIpc) is 1.62. The maximum atomic E-state index is 11.2. The van der Waals surface area contributed by atoms with Crippen molar-refractivity contribution in [2.75, 3.05) is 231 Å². The SMILES string of the molecule is CC(=O)CSCCOCCOCCOCCOc1ccc(-c2nc3c(-c4cccs4)c4nsnc4c(-c4ccc(-c5c6nsnc6c(-c6cccs6)c6nc(-c7ccc(OCCOCCOCCOCCSCC(=O)O)cc7)c(-c7ccc(OCCOCCOCCOCCSCC(=O)O)cc7)nc56)s4)c3nc2-c2ccc(OCCOCCOCCOCCSCC(=O)O)cc2)cc1. The molecule has 7 heterocycles. The Morgan fingerprint density at radius 2 is 0.496 bits per heavy atom. The van der Waals surface area contributed by atoms with Crippen molar-refractivity contribution in [3.8, 4) is 110 Å². The highest BCUT2D eigenvalue weighted by Crippen LogP contribution is 2.51. The van der Waals surface area contributed by atoms with Gasteiger partial charge >= 0.3 is 17.9 Å². The fraction of sp³-hybridized carbons (Fsp3) is 0.398. The van der Waals surface area contributed by atoms with Gasteiger partial charge in [-0.15, -0.1) is 69.3 Å². The summed E-state index contributed by atoms with van der Waals surface area (Å²) < 4.78 is 114. The van der Waals surface area contributed by atoms with Crippen LogP contribution in [0.3, 0.4) is 0 Å². The van der Waals surface area contributed by atoms with E-state index in [0.717, 1.165) is 93.2 Å². The van der Waals surface area contributed by atoms with Crippen LogP contribution in [0.1, 0.15) is 6.92 Å². The molecule has 0 saturated heterocycles. The van der Waals surface area contributed by atoms with Gasteiger partial charge in [0.05, 0.1) is 228 Å². The van der Waals surface area contributed by atoms with E-state index in [2.05, 4.69) is 24.3 Å². The van der Waals surface area contributed by atoms with E-state index >= 15 is 0 Å². The second kappa shape index (κ2) is 56.5. The first kappa shape index (κ1) is 101. The number of hydrogen-bond acceptors (Lipinski definition) is 37. The number of hydrogen-bond donors (Lipinski definition) is 3. The number of thioether (sulfide) groups is 4. The van der Waals surface area contributed by atoms with Gasteiger partial charge in [0.1, 0.15) is 99.3 Å². The summed E-state index contributed by atoms with van der Waals surface area (Å²) >= 11 is 12.4. The standard InChI is InChI=1S/C93H102N8O23S9/c1-62(102)58-125-54-48-117-36-32-109-24-28-113-40-44-121-67-14-6-63(7-15-67)82-84(65-10-18-69(19-11-65)123-46-42-115-30-26-111-34-38-119-50-56-127-60-76(105)106)96-88-80(92-90(98-132-100-92)78(86(88)94-82)71-4-2-52-129-71)73-22-23-74(131-73)81-89-87(79(72-5-3-53-130-72)91-93(81)101-133-99-91)95-83(64-8-16-68(17-9-64)122-45-41-114-29-25-110-33-37-118-49-55-126-59-75(103)104)85(97-89)66-12-20-70(21-13-66)124-47-43-116-31-27-112-35-39-120-51-57-128-61-77(107)108/h2-23,52-53H,24-51,54-61H2,1H3,(H,103,104)(H,105,106)(H,107,108). The van der Waals surface area contributed by atoms with Gasteiger partial charge in [-0.25, -0.2) is 19.9 Å². The van der Waals surface area contributed by atoms with Gasteiger partial charge < -0.3 is 91.1 Å². The Hall–Kier alpha value is -9.06. The van der Waals surface area contributed by atoms with Crippen LogP contribution < -0.4 is 18.9 Å². The van der Waals surface area contributed by atoms with Crippen molar-refractivity contribution in [3.05, 3.63) is 144 Å². The highest BCUT2D eigenvalue weighted by Gasteiger charge is 2.31. The number of carboxylic acid groups (broad SMARTS) is 3. The first-order valence-corrected chi connectivity index (χ1v) is 51.6. The van der Waals surface area contributed by atoms with E-state index < -0.39 is 17.9 Å². The number of benzene rings is 6. The summed E-state index contributed by atoms with van der Waals surface area (Å²) in [5.74, 6) is 3.24. The Morgan fingerprint density at radius 3 is 0.722 bits per heavy atom. The molecule has 31 nitrogen and oxygen atoms in total. The lowest BCUT2D eigenvalue weighted by atomic mass is 9.98. The Kier molecular flexibility index (Phi) is 43.0. The number of fused-ring (bicyclic) bond motifs is 4. The second-order valence-corrected chi connectivity index (χ2v) is 37.2. The van der Waals surface area contributed by atoms with Gasteiger partial charge in [0.2, 0.25) is 0 Å². The van der Waals surface area contributed by atoms with Crippen molar-refractivity contribution >= 4 is 172 Å². The van der Waals surface area contributed by atoms with Crippen molar-refractivity contribution in [1.29, 1.82) is 0 Å². The molecule has 13 rings (SSSR count). The Balaban J connectivity index is 0.798. The van der Waals surface area contributed by atoms with Crippen LogP contribution in [0.25, 0.3) is 131 Å². The summed E-state index contributed by atoms with van der Waals surface area (Å²) in [6.45, 7) is 12.2. The molecule has 3 N–H and O–H groups in total. The lowest BCUT2D eigenvalue weighted by Gasteiger charge is -2.16. The molecule has 0 spiro atoms.